The van der Waals surface area contributed by atoms with Gasteiger partial charge in [0.05, 0.1) is 0 Å². The van der Waals surface area contributed by atoms with Gasteiger partial charge in [-0.05, 0) is 75.7 Å². The first-order chi connectivity index (χ1) is 14.9. The molecule has 1 amide bonds. The Balaban J connectivity index is 1.16. The molecule has 0 saturated heterocycles. The number of aromatic nitrogens is 2. The SMILES string of the molecule is Cc1ccccc1-c1noc(COC(=O)C(C)NC(=O)C23CC4CC(CC(C4)C2)C3)n1. The quantitative estimate of drug-likeness (QED) is 0.710. The fourth-order valence-electron chi connectivity index (χ4n) is 6.30. The van der Waals surface area contributed by atoms with Crippen molar-refractivity contribution in [3.63, 3.8) is 0 Å². The number of amides is 1. The number of hydrogen-bond donors (Lipinski definition) is 1. The topological polar surface area (TPSA) is 94.3 Å². The summed E-state index contributed by atoms with van der Waals surface area (Å²) in [6.45, 7) is 3.53. The summed E-state index contributed by atoms with van der Waals surface area (Å²) in [5, 5.41) is 6.91. The summed E-state index contributed by atoms with van der Waals surface area (Å²) >= 11 is 0. The molecule has 4 aliphatic rings. The Kier molecular flexibility index (Phi) is 5.07. The third kappa shape index (κ3) is 3.86. The Morgan fingerprint density at radius 1 is 1.16 bits per heavy atom. The van der Waals surface area contributed by atoms with Crippen LogP contribution in [0.3, 0.4) is 0 Å². The van der Waals surface area contributed by atoms with Gasteiger partial charge in [0.1, 0.15) is 6.04 Å². The second kappa shape index (κ2) is 7.77. The second-order valence-electron chi connectivity index (χ2n) is 9.83. The van der Waals surface area contributed by atoms with E-state index in [1.807, 2.05) is 31.2 Å². The van der Waals surface area contributed by atoms with Crippen molar-refractivity contribution >= 4 is 11.9 Å². The van der Waals surface area contributed by atoms with E-state index in [0.29, 0.717) is 23.6 Å². The van der Waals surface area contributed by atoms with E-state index in [4.69, 9.17) is 9.26 Å². The summed E-state index contributed by atoms with van der Waals surface area (Å²) < 4.78 is 10.6. The molecule has 1 N–H and O–H groups in total. The van der Waals surface area contributed by atoms with Crippen LogP contribution in [0.5, 0.6) is 0 Å². The van der Waals surface area contributed by atoms with Crippen LogP contribution in [-0.4, -0.2) is 28.1 Å². The van der Waals surface area contributed by atoms with Crippen LogP contribution in [0.1, 0.15) is 56.9 Å². The van der Waals surface area contributed by atoms with Crippen molar-refractivity contribution in [3.05, 3.63) is 35.7 Å². The van der Waals surface area contributed by atoms with Gasteiger partial charge in [-0.25, -0.2) is 4.79 Å². The molecule has 4 fully saturated rings. The van der Waals surface area contributed by atoms with Gasteiger partial charge in [0.25, 0.3) is 5.89 Å². The molecule has 4 bridgehead atoms. The Morgan fingerprint density at radius 3 is 2.45 bits per heavy atom. The first kappa shape index (κ1) is 20.2. The number of carbonyl (C=O) groups is 2. The zero-order chi connectivity index (χ0) is 21.6. The summed E-state index contributed by atoms with van der Waals surface area (Å²) in [5.41, 5.74) is 1.63. The van der Waals surface area contributed by atoms with Gasteiger partial charge in [-0.2, -0.15) is 4.98 Å². The van der Waals surface area contributed by atoms with Gasteiger partial charge in [-0.15, -0.1) is 0 Å². The number of hydrogen-bond acceptors (Lipinski definition) is 6. The molecule has 0 aliphatic heterocycles. The van der Waals surface area contributed by atoms with Crippen LogP contribution in [0.25, 0.3) is 11.4 Å². The molecule has 0 radical (unpaired) electrons. The molecule has 4 aliphatic carbocycles. The van der Waals surface area contributed by atoms with Gasteiger partial charge in [0.15, 0.2) is 6.61 Å². The summed E-state index contributed by atoms with van der Waals surface area (Å²) in [7, 11) is 0. The second-order valence-corrected chi connectivity index (χ2v) is 9.83. The van der Waals surface area contributed by atoms with Gasteiger partial charge >= 0.3 is 5.97 Å². The third-order valence-corrected chi connectivity index (χ3v) is 7.41. The van der Waals surface area contributed by atoms with Crippen LogP contribution in [0.2, 0.25) is 0 Å². The molecule has 1 unspecified atom stereocenters. The number of nitrogens with one attached hydrogen (secondary N) is 1. The fraction of sp³-hybridized carbons (Fsp3) is 0.583. The van der Waals surface area contributed by atoms with Gasteiger partial charge in [-0.3, -0.25) is 4.79 Å². The Morgan fingerprint density at radius 2 is 1.81 bits per heavy atom. The highest BCUT2D eigenvalue weighted by Crippen LogP contribution is 2.60. The molecule has 1 aromatic carbocycles. The van der Waals surface area contributed by atoms with Gasteiger partial charge < -0.3 is 14.6 Å². The average molecular weight is 424 g/mol. The molecule has 1 atom stereocenters. The Labute approximate surface area is 181 Å². The highest BCUT2D eigenvalue weighted by Gasteiger charge is 2.54. The van der Waals surface area contributed by atoms with Gasteiger partial charge in [0.2, 0.25) is 11.7 Å². The minimum absolute atomic E-state index is 0.0238. The predicted molar refractivity (Wildman–Crippen MR) is 112 cm³/mol. The van der Waals surface area contributed by atoms with Gasteiger partial charge in [0, 0.05) is 11.0 Å². The van der Waals surface area contributed by atoms with Crippen LogP contribution < -0.4 is 5.32 Å². The van der Waals surface area contributed by atoms with E-state index in [0.717, 1.165) is 30.4 Å². The van der Waals surface area contributed by atoms with Crippen molar-refractivity contribution in [2.24, 2.45) is 23.2 Å². The van der Waals surface area contributed by atoms with E-state index >= 15 is 0 Å². The van der Waals surface area contributed by atoms with Crippen LogP contribution >= 0.6 is 0 Å². The van der Waals surface area contributed by atoms with Crippen molar-refractivity contribution in [3.8, 4) is 11.4 Å². The maximum absolute atomic E-state index is 13.1. The molecule has 1 aromatic heterocycles. The highest BCUT2D eigenvalue weighted by molar-refractivity contribution is 5.88. The molecule has 4 saturated carbocycles. The monoisotopic (exact) mass is 423 g/mol. The first-order valence-electron chi connectivity index (χ1n) is 11.3. The average Bonchev–Trinajstić information content (AvgIpc) is 3.20. The number of aryl methyl sites for hydroxylation is 1. The maximum atomic E-state index is 13.1. The number of ether oxygens (including phenoxy) is 1. The van der Waals surface area contributed by atoms with Crippen LogP contribution in [0.4, 0.5) is 0 Å². The van der Waals surface area contributed by atoms with Crippen molar-refractivity contribution in [1.82, 2.24) is 15.5 Å². The lowest BCUT2D eigenvalue weighted by Crippen LogP contribution is -2.55. The fourth-order valence-corrected chi connectivity index (χ4v) is 6.30. The predicted octanol–water partition coefficient (Wildman–Crippen LogP) is 3.81. The summed E-state index contributed by atoms with van der Waals surface area (Å²) in [5.74, 6) is 2.26. The molecule has 1 heterocycles. The van der Waals surface area contributed by atoms with Crippen LogP contribution in [0.15, 0.2) is 28.8 Å². The van der Waals surface area contributed by atoms with E-state index < -0.39 is 12.0 Å². The molecule has 7 heteroatoms. The Hall–Kier alpha value is -2.70. The van der Waals surface area contributed by atoms with Crippen molar-refractivity contribution < 1.29 is 18.8 Å². The number of nitrogens with zero attached hydrogens (tertiary/aromatic N) is 2. The molecular weight excluding hydrogens is 394 g/mol. The van der Waals surface area contributed by atoms with E-state index in [-0.39, 0.29) is 23.8 Å². The zero-order valence-corrected chi connectivity index (χ0v) is 18.1. The third-order valence-electron chi connectivity index (χ3n) is 7.41. The standard InChI is InChI=1S/C24H29N3O4/c1-14-5-3-4-6-19(14)21-26-20(31-27-21)13-30-22(28)15(2)25-23(29)24-10-16-7-17(11-24)9-18(8-16)12-24/h3-6,15-18H,7-13H2,1-2H3,(H,25,29). The number of esters is 1. The smallest absolute Gasteiger partial charge is 0.328 e. The normalized spacial score (nSPS) is 29.5. The maximum Gasteiger partial charge on any atom is 0.328 e. The zero-order valence-electron chi connectivity index (χ0n) is 18.1. The molecule has 0 spiro atoms. The van der Waals surface area contributed by atoms with Gasteiger partial charge in [-0.1, -0.05) is 29.4 Å². The molecule has 164 valence electrons. The highest BCUT2D eigenvalue weighted by atomic mass is 16.6. The lowest BCUT2D eigenvalue weighted by Gasteiger charge is -2.55. The number of rotatable bonds is 6. The first-order valence-corrected chi connectivity index (χ1v) is 11.3. The van der Waals surface area contributed by atoms with E-state index in [1.165, 1.54) is 19.3 Å². The number of carbonyl (C=O) groups excluding carboxylic acids is 2. The minimum atomic E-state index is -0.709. The van der Waals surface area contributed by atoms with E-state index in [2.05, 4.69) is 15.5 Å². The summed E-state index contributed by atoms with van der Waals surface area (Å²) in [4.78, 5) is 29.9. The minimum Gasteiger partial charge on any atom is -0.454 e. The molecule has 2 aromatic rings. The molecule has 7 nitrogen and oxygen atoms in total. The Bertz CT molecular complexity index is 963. The molecule has 6 rings (SSSR count). The molecule has 31 heavy (non-hydrogen) atoms. The van der Waals surface area contributed by atoms with Crippen molar-refractivity contribution in [2.75, 3.05) is 0 Å². The lowest BCUT2D eigenvalue weighted by molar-refractivity contribution is -0.154. The van der Waals surface area contributed by atoms with Crippen molar-refractivity contribution in [2.45, 2.75) is 65.0 Å². The van der Waals surface area contributed by atoms with Crippen LogP contribution in [0, 0.1) is 30.1 Å². The largest absolute Gasteiger partial charge is 0.454 e. The summed E-state index contributed by atoms with van der Waals surface area (Å²) in [6, 6.07) is 7.03. The van der Waals surface area contributed by atoms with E-state index in [1.54, 1.807) is 6.92 Å². The summed E-state index contributed by atoms with van der Waals surface area (Å²) in [6.07, 6.45) is 6.74. The van der Waals surface area contributed by atoms with E-state index in [9.17, 15) is 9.59 Å². The lowest BCUT2D eigenvalue weighted by atomic mass is 9.49. The van der Waals surface area contributed by atoms with Crippen molar-refractivity contribution in [1.29, 1.82) is 0 Å². The number of benzene rings is 1. The van der Waals surface area contributed by atoms with Crippen LogP contribution in [-0.2, 0) is 20.9 Å². The molecular formula is C24H29N3O4.